The van der Waals surface area contributed by atoms with E-state index in [2.05, 4.69) is 5.32 Å². The fourth-order valence-electron chi connectivity index (χ4n) is 2.96. The summed E-state index contributed by atoms with van der Waals surface area (Å²) in [5, 5.41) is 3.65. The lowest BCUT2D eigenvalue weighted by Crippen LogP contribution is -2.42. The molecule has 0 unspecified atom stereocenters. The highest BCUT2D eigenvalue weighted by molar-refractivity contribution is 6.30. The van der Waals surface area contributed by atoms with Gasteiger partial charge in [0.15, 0.2) is 0 Å². The first kappa shape index (κ1) is 16.6. The van der Waals surface area contributed by atoms with Crippen LogP contribution in [0.1, 0.15) is 12.8 Å². The number of hydrogen-bond acceptors (Lipinski definition) is 3. The van der Waals surface area contributed by atoms with Crippen molar-refractivity contribution in [1.29, 1.82) is 0 Å². The van der Waals surface area contributed by atoms with Crippen LogP contribution < -0.4 is 16.6 Å². The van der Waals surface area contributed by atoms with E-state index in [1.54, 1.807) is 48.5 Å². The maximum atomic E-state index is 13.1. The standard InChI is InChI=1S/C19H16ClN3O3/c20-12-4-3-5-14(10-12)23-18(25)15-6-1-2-7-16(15)22(19(23)26)11-17(24)21-13-8-9-13/h1-7,10,13H,8-9,11H2,(H,21,24). The second kappa shape index (κ2) is 6.46. The fourth-order valence-corrected chi connectivity index (χ4v) is 3.15. The number of fused-ring (bicyclic) bond motifs is 1. The summed E-state index contributed by atoms with van der Waals surface area (Å²) in [4.78, 5) is 38.2. The van der Waals surface area contributed by atoms with Crippen molar-refractivity contribution < 1.29 is 4.79 Å². The lowest BCUT2D eigenvalue weighted by atomic mass is 10.2. The Morgan fingerprint density at radius 1 is 1.12 bits per heavy atom. The Balaban J connectivity index is 1.93. The summed E-state index contributed by atoms with van der Waals surface area (Å²) < 4.78 is 2.38. The summed E-state index contributed by atoms with van der Waals surface area (Å²) in [6.45, 7) is -0.142. The van der Waals surface area contributed by atoms with E-state index in [0.717, 1.165) is 17.4 Å². The second-order valence-electron chi connectivity index (χ2n) is 6.35. The van der Waals surface area contributed by atoms with Crippen LogP contribution in [0, 0.1) is 0 Å². The van der Waals surface area contributed by atoms with E-state index in [4.69, 9.17) is 11.6 Å². The highest BCUT2D eigenvalue weighted by atomic mass is 35.5. The highest BCUT2D eigenvalue weighted by Gasteiger charge is 2.24. The summed E-state index contributed by atoms with van der Waals surface area (Å²) in [6.07, 6.45) is 1.92. The predicted octanol–water partition coefficient (Wildman–Crippen LogP) is 2.08. The normalized spacial score (nSPS) is 13.7. The number of halogens is 1. The molecular weight excluding hydrogens is 354 g/mol. The van der Waals surface area contributed by atoms with Gasteiger partial charge in [0.1, 0.15) is 6.54 Å². The number of aromatic nitrogens is 2. The number of amides is 1. The van der Waals surface area contributed by atoms with Gasteiger partial charge in [-0.15, -0.1) is 0 Å². The van der Waals surface area contributed by atoms with E-state index in [9.17, 15) is 14.4 Å². The molecule has 2 aromatic carbocycles. The largest absolute Gasteiger partial charge is 0.352 e. The zero-order valence-electron chi connectivity index (χ0n) is 13.8. The molecule has 0 aliphatic heterocycles. The molecule has 132 valence electrons. The first-order valence-corrected chi connectivity index (χ1v) is 8.72. The SMILES string of the molecule is O=C(Cn1c(=O)n(-c2cccc(Cl)c2)c(=O)c2ccccc21)NC1CC1. The monoisotopic (exact) mass is 369 g/mol. The van der Waals surface area contributed by atoms with Crippen molar-refractivity contribution in [3.8, 4) is 5.69 Å². The summed E-state index contributed by atoms with van der Waals surface area (Å²) in [6, 6.07) is 13.5. The third-order valence-corrected chi connectivity index (χ3v) is 4.60. The van der Waals surface area contributed by atoms with Gasteiger partial charge in [-0.25, -0.2) is 9.36 Å². The lowest BCUT2D eigenvalue weighted by Gasteiger charge is -2.14. The van der Waals surface area contributed by atoms with E-state index >= 15 is 0 Å². The molecule has 0 saturated heterocycles. The molecule has 3 aromatic rings. The number of rotatable bonds is 4. The van der Waals surface area contributed by atoms with E-state index < -0.39 is 11.2 Å². The number of benzene rings is 2. The Hall–Kier alpha value is -2.86. The Morgan fingerprint density at radius 3 is 2.62 bits per heavy atom. The molecule has 26 heavy (non-hydrogen) atoms. The van der Waals surface area contributed by atoms with E-state index in [1.165, 1.54) is 4.57 Å². The maximum Gasteiger partial charge on any atom is 0.336 e. The highest BCUT2D eigenvalue weighted by Crippen LogP contribution is 2.18. The zero-order chi connectivity index (χ0) is 18.3. The van der Waals surface area contributed by atoms with Crippen molar-refractivity contribution >= 4 is 28.4 Å². The molecule has 0 radical (unpaired) electrons. The summed E-state index contributed by atoms with van der Waals surface area (Å²) in [5.41, 5.74) is -0.199. The summed E-state index contributed by atoms with van der Waals surface area (Å²) in [7, 11) is 0. The van der Waals surface area contributed by atoms with Crippen molar-refractivity contribution in [2.75, 3.05) is 0 Å². The molecule has 4 rings (SSSR count). The van der Waals surface area contributed by atoms with Gasteiger partial charge in [0.05, 0.1) is 16.6 Å². The molecule has 1 aromatic heterocycles. The van der Waals surface area contributed by atoms with Gasteiger partial charge in [-0.05, 0) is 43.2 Å². The maximum absolute atomic E-state index is 13.1. The van der Waals surface area contributed by atoms with Crippen LogP contribution in [0.2, 0.25) is 5.02 Å². The zero-order valence-corrected chi connectivity index (χ0v) is 14.6. The van der Waals surface area contributed by atoms with Gasteiger partial charge >= 0.3 is 5.69 Å². The number of para-hydroxylation sites is 1. The number of hydrogen-bond donors (Lipinski definition) is 1. The fraction of sp³-hybridized carbons (Fsp3) is 0.211. The molecule has 6 nitrogen and oxygen atoms in total. The van der Waals surface area contributed by atoms with Crippen molar-refractivity contribution in [1.82, 2.24) is 14.5 Å². The average Bonchev–Trinajstić information content (AvgIpc) is 3.43. The lowest BCUT2D eigenvalue weighted by molar-refractivity contribution is -0.121. The minimum atomic E-state index is -0.568. The third-order valence-electron chi connectivity index (χ3n) is 4.36. The van der Waals surface area contributed by atoms with Crippen molar-refractivity contribution in [3.05, 3.63) is 74.4 Å². The number of carbonyl (C=O) groups excluding carboxylic acids is 1. The van der Waals surface area contributed by atoms with E-state index in [-0.39, 0.29) is 18.5 Å². The number of nitrogens with one attached hydrogen (secondary N) is 1. The minimum absolute atomic E-state index is 0.142. The van der Waals surface area contributed by atoms with Gasteiger partial charge < -0.3 is 5.32 Å². The molecule has 0 bridgehead atoms. The Labute approximate surface area is 153 Å². The predicted molar refractivity (Wildman–Crippen MR) is 100.0 cm³/mol. The smallest absolute Gasteiger partial charge is 0.336 e. The van der Waals surface area contributed by atoms with Crippen LogP contribution >= 0.6 is 11.6 Å². The molecule has 1 fully saturated rings. The quantitative estimate of drug-likeness (QED) is 0.765. The molecule has 1 amide bonds. The van der Waals surface area contributed by atoms with Gasteiger partial charge in [-0.3, -0.25) is 14.2 Å². The first-order valence-electron chi connectivity index (χ1n) is 8.34. The average molecular weight is 370 g/mol. The molecule has 1 aliphatic carbocycles. The van der Waals surface area contributed by atoms with Crippen LogP contribution in [0.4, 0.5) is 0 Å². The Morgan fingerprint density at radius 2 is 1.88 bits per heavy atom. The molecule has 7 heteroatoms. The van der Waals surface area contributed by atoms with Gasteiger partial charge in [-0.1, -0.05) is 29.8 Å². The Bertz CT molecular complexity index is 1130. The first-order chi connectivity index (χ1) is 12.5. The second-order valence-corrected chi connectivity index (χ2v) is 6.78. The summed E-state index contributed by atoms with van der Waals surface area (Å²) in [5.74, 6) is -0.240. The minimum Gasteiger partial charge on any atom is -0.352 e. The van der Waals surface area contributed by atoms with Gasteiger partial charge in [0, 0.05) is 11.1 Å². The number of carbonyl (C=O) groups is 1. The van der Waals surface area contributed by atoms with E-state index in [0.29, 0.717) is 21.6 Å². The van der Waals surface area contributed by atoms with E-state index in [1.807, 2.05) is 0 Å². The third kappa shape index (κ3) is 3.04. The molecule has 0 spiro atoms. The van der Waals surface area contributed by atoms with Crippen LogP contribution in [0.15, 0.2) is 58.1 Å². The van der Waals surface area contributed by atoms with Gasteiger partial charge in [0.25, 0.3) is 5.56 Å². The van der Waals surface area contributed by atoms with Crippen molar-refractivity contribution in [2.45, 2.75) is 25.4 Å². The number of nitrogens with zero attached hydrogens (tertiary/aromatic N) is 2. The van der Waals surface area contributed by atoms with Crippen LogP contribution in [0.3, 0.4) is 0 Å². The van der Waals surface area contributed by atoms with Crippen LogP contribution in [-0.2, 0) is 11.3 Å². The summed E-state index contributed by atoms with van der Waals surface area (Å²) >= 11 is 6.02. The molecule has 1 N–H and O–H groups in total. The van der Waals surface area contributed by atoms with Crippen molar-refractivity contribution in [3.63, 3.8) is 0 Å². The van der Waals surface area contributed by atoms with Crippen LogP contribution in [-0.4, -0.2) is 21.1 Å². The Kier molecular flexibility index (Phi) is 4.12. The van der Waals surface area contributed by atoms with Crippen molar-refractivity contribution in [2.24, 2.45) is 0 Å². The molecule has 1 heterocycles. The molecule has 1 saturated carbocycles. The topological polar surface area (TPSA) is 73.1 Å². The molecule has 1 aliphatic rings. The van der Waals surface area contributed by atoms with Gasteiger partial charge in [-0.2, -0.15) is 0 Å². The van der Waals surface area contributed by atoms with Crippen LogP contribution in [0.25, 0.3) is 16.6 Å². The molecular formula is C19H16ClN3O3. The van der Waals surface area contributed by atoms with Gasteiger partial charge in [0.2, 0.25) is 5.91 Å². The van der Waals surface area contributed by atoms with Crippen LogP contribution in [0.5, 0.6) is 0 Å². The molecule has 0 atom stereocenters.